The van der Waals surface area contributed by atoms with Gasteiger partial charge in [-0.25, -0.2) is 9.78 Å². The van der Waals surface area contributed by atoms with E-state index in [4.69, 9.17) is 41.8 Å². The summed E-state index contributed by atoms with van der Waals surface area (Å²) in [4.78, 5) is 50.0. The number of alkyl halides is 3. The van der Waals surface area contributed by atoms with Crippen molar-refractivity contribution in [3.8, 4) is 28.4 Å². The van der Waals surface area contributed by atoms with Crippen LogP contribution in [0.15, 0.2) is 95.5 Å². The molecule has 12 nitrogen and oxygen atoms in total. The Bertz CT molecular complexity index is 2760. The minimum absolute atomic E-state index is 0.123. The van der Waals surface area contributed by atoms with Crippen LogP contribution in [0.5, 0.6) is 17.2 Å². The Morgan fingerprint density at radius 3 is 2.34 bits per heavy atom. The smallest absolute Gasteiger partial charge is 0.452 e. The van der Waals surface area contributed by atoms with E-state index in [0.717, 1.165) is 38.4 Å². The molecule has 2 aromatic heterocycles. The molecule has 0 saturated heterocycles. The Morgan fingerprint density at radius 2 is 1.64 bits per heavy atom. The van der Waals surface area contributed by atoms with Crippen molar-refractivity contribution in [3.63, 3.8) is 0 Å². The van der Waals surface area contributed by atoms with E-state index in [9.17, 15) is 32.7 Å². The summed E-state index contributed by atoms with van der Waals surface area (Å²) in [5.74, 6) is -4.23. The summed E-state index contributed by atoms with van der Waals surface area (Å²) in [6.07, 6.45) is -4.25. The molecule has 8 rings (SSSR count). The molecule has 0 unspecified atom stereocenters. The summed E-state index contributed by atoms with van der Waals surface area (Å²) < 4.78 is 65.6. The topological polar surface area (TPSA) is 153 Å². The normalized spacial score (nSPS) is 16.2. The van der Waals surface area contributed by atoms with Crippen LogP contribution in [-0.4, -0.2) is 56.4 Å². The Labute approximate surface area is 374 Å². The fourth-order valence-corrected chi connectivity index (χ4v) is 8.04. The first-order chi connectivity index (χ1) is 30.5. The average molecular weight is 916 g/mol. The molecule has 0 saturated carbocycles. The molecule has 2 aliphatic heterocycles. The van der Waals surface area contributed by atoms with Gasteiger partial charge in [-0.2, -0.15) is 13.2 Å². The quantitative estimate of drug-likeness (QED) is 0.129. The van der Waals surface area contributed by atoms with Crippen molar-refractivity contribution in [2.45, 2.75) is 71.1 Å². The number of nitrogens with zero attached hydrogens (tertiary/aromatic N) is 3. The number of benzene rings is 4. The van der Waals surface area contributed by atoms with Crippen LogP contribution in [0, 0.1) is 20.8 Å². The molecule has 2 amide bonds. The molecular formula is C47H39Cl2F3N4O8. The predicted octanol–water partition coefficient (Wildman–Crippen LogP) is 9.46. The van der Waals surface area contributed by atoms with Gasteiger partial charge in [-0.1, -0.05) is 65.7 Å². The molecule has 6 aromatic rings. The van der Waals surface area contributed by atoms with Crippen LogP contribution >= 0.6 is 23.2 Å². The molecule has 0 spiro atoms. The molecule has 4 heterocycles. The second kappa shape index (κ2) is 17.9. The summed E-state index contributed by atoms with van der Waals surface area (Å²) >= 11 is 12.1. The summed E-state index contributed by atoms with van der Waals surface area (Å²) in [5.41, 5.74) is 5.92. The molecule has 0 bridgehead atoms. The fourth-order valence-electron chi connectivity index (χ4n) is 7.72. The third-order valence-electron chi connectivity index (χ3n) is 11.2. The lowest BCUT2D eigenvalue weighted by atomic mass is 9.91. The maximum atomic E-state index is 14.2. The molecule has 2 aliphatic rings. The first kappa shape index (κ1) is 44.0. The van der Waals surface area contributed by atoms with Gasteiger partial charge in [0.1, 0.15) is 31.0 Å². The van der Waals surface area contributed by atoms with Gasteiger partial charge in [0.15, 0.2) is 29.2 Å². The lowest BCUT2D eigenvalue weighted by Gasteiger charge is -2.37. The summed E-state index contributed by atoms with van der Waals surface area (Å²) in [6, 6.07) is 21.9. The number of aliphatic carboxylic acids is 1. The maximum absolute atomic E-state index is 14.2. The second-order valence-electron chi connectivity index (χ2n) is 15.5. The fraction of sp³-hybridized carbons (Fsp3) is 0.255. The van der Waals surface area contributed by atoms with Gasteiger partial charge >= 0.3 is 12.1 Å². The molecule has 3 atom stereocenters. The van der Waals surface area contributed by atoms with Crippen molar-refractivity contribution in [2.75, 3.05) is 6.61 Å². The number of aromatic nitrogens is 2. The second-order valence-corrected chi connectivity index (χ2v) is 16.3. The number of carboxylic acids is 1. The highest BCUT2D eigenvalue weighted by Gasteiger charge is 2.45. The highest BCUT2D eigenvalue weighted by molar-refractivity contribution is 6.42. The lowest BCUT2D eigenvalue weighted by molar-refractivity contribution is -0.153. The molecule has 64 heavy (non-hydrogen) atoms. The maximum Gasteiger partial charge on any atom is 0.452 e. The zero-order chi connectivity index (χ0) is 45.4. The summed E-state index contributed by atoms with van der Waals surface area (Å²) in [6.45, 7) is 5.06. The lowest BCUT2D eigenvalue weighted by Crippen LogP contribution is -2.56. The molecule has 0 aliphatic carbocycles. The third-order valence-corrected chi connectivity index (χ3v) is 12.0. The number of carbonyl (C=O) groups is 3. The van der Waals surface area contributed by atoms with E-state index in [-0.39, 0.29) is 32.6 Å². The van der Waals surface area contributed by atoms with Gasteiger partial charge in [-0.3, -0.25) is 14.6 Å². The highest BCUT2D eigenvalue weighted by Crippen LogP contribution is 2.42. The van der Waals surface area contributed by atoms with E-state index in [2.05, 4.69) is 15.3 Å². The van der Waals surface area contributed by atoms with Gasteiger partial charge in [0.05, 0.1) is 10.0 Å². The van der Waals surface area contributed by atoms with Gasteiger partial charge in [-0.15, -0.1) is 0 Å². The van der Waals surface area contributed by atoms with Gasteiger partial charge < -0.3 is 34.0 Å². The van der Waals surface area contributed by atoms with Crippen LogP contribution in [0.25, 0.3) is 11.1 Å². The number of ether oxygens (including phenoxy) is 3. The number of rotatable bonds is 11. The van der Waals surface area contributed by atoms with Gasteiger partial charge in [0.25, 0.3) is 5.91 Å². The van der Waals surface area contributed by atoms with Crippen LogP contribution in [0.3, 0.4) is 0 Å². The number of fused-ring (bicyclic) bond motifs is 2. The Kier molecular flexibility index (Phi) is 12.3. The van der Waals surface area contributed by atoms with Crippen molar-refractivity contribution in [1.29, 1.82) is 0 Å². The van der Waals surface area contributed by atoms with Crippen LogP contribution in [0.4, 0.5) is 13.2 Å². The van der Waals surface area contributed by atoms with Crippen molar-refractivity contribution in [3.05, 3.63) is 158 Å². The molecule has 4 aromatic carbocycles. The van der Waals surface area contributed by atoms with Gasteiger partial charge in [0, 0.05) is 38.2 Å². The van der Waals surface area contributed by atoms with E-state index in [1.54, 1.807) is 54.7 Å². The molecule has 330 valence electrons. The number of carbonyl (C=O) groups excluding carboxylic acids is 2. The van der Waals surface area contributed by atoms with Crippen molar-refractivity contribution in [1.82, 2.24) is 20.2 Å². The molecule has 2 N–H and O–H groups in total. The standard InChI is InChI=1S/C47H39Cl2F3N4O8/c1-24-25(2)53-15-14-34(24)29-7-4-27(5-8-29)17-37(46(59)60)55-44(57)38-18-31-19-39-40(20-32(31)21-56(38)45(58)42-43(47(50,51)52)63-26(3)54-42)64-41(23-62-39)30-9-11-33(12-10-30)61-22-28-6-13-35(48)36(49)16-28/h4-16,19-20,37-38,41H,17-18,21-23H2,1-3H3,(H,55,57)(H,59,60)/t37-,38-,41+/m0/s1. The Hall–Kier alpha value is -6.58. The van der Waals surface area contributed by atoms with Gasteiger partial charge in [0.2, 0.25) is 11.7 Å². The largest absolute Gasteiger partial charge is 0.489 e. The number of carboxylic acid groups (broad SMARTS) is 1. The molecular weight excluding hydrogens is 876 g/mol. The number of hydrogen-bond acceptors (Lipinski definition) is 9. The van der Waals surface area contributed by atoms with E-state index in [1.807, 2.05) is 50.2 Å². The first-order valence-corrected chi connectivity index (χ1v) is 20.8. The third kappa shape index (κ3) is 9.36. The monoisotopic (exact) mass is 914 g/mol. The zero-order valence-electron chi connectivity index (χ0n) is 34.5. The van der Waals surface area contributed by atoms with E-state index >= 15 is 0 Å². The summed E-state index contributed by atoms with van der Waals surface area (Å²) in [7, 11) is 0. The Balaban J connectivity index is 1.02. The predicted molar refractivity (Wildman–Crippen MR) is 229 cm³/mol. The number of amides is 2. The number of aryl methyl sites for hydroxylation is 2. The number of halogens is 5. The van der Waals surface area contributed by atoms with Crippen molar-refractivity contribution >= 4 is 41.0 Å². The number of oxazole rings is 1. The van der Waals surface area contributed by atoms with Crippen molar-refractivity contribution < 1.29 is 51.3 Å². The molecule has 17 heteroatoms. The first-order valence-electron chi connectivity index (χ1n) is 20.0. The van der Waals surface area contributed by atoms with Crippen LogP contribution in [-0.2, 0) is 41.8 Å². The number of pyridine rings is 1. The van der Waals surface area contributed by atoms with E-state index in [0.29, 0.717) is 44.0 Å². The highest BCUT2D eigenvalue weighted by atomic mass is 35.5. The SMILES string of the molecule is Cc1nc(C(=O)N2Cc3cc4c(cc3C[C@H]2C(=O)N[C@@H](Cc2ccc(-c3ccnc(C)c3C)cc2)C(=O)O)OC[C@H](c2ccc(OCc3ccc(Cl)c(Cl)c3)cc2)O4)c(C(F)(F)F)o1. The molecule has 0 fully saturated rings. The van der Waals surface area contributed by atoms with E-state index in [1.165, 1.54) is 6.92 Å². The van der Waals surface area contributed by atoms with E-state index < -0.39 is 59.5 Å². The minimum Gasteiger partial charge on any atom is -0.489 e. The summed E-state index contributed by atoms with van der Waals surface area (Å²) in [5, 5.41) is 13.7. The van der Waals surface area contributed by atoms with Crippen LogP contribution < -0.4 is 19.5 Å². The van der Waals surface area contributed by atoms with Crippen molar-refractivity contribution in [2.24, 2.45) is 0 Å². The Morgan fingerprint density at radius 1 is 0.922 bits per heavy atom. The number of hydrogen-bond donors (Lipinski definition) is 2. The zero-order valence-corrected chi connectivity index (χ0v) is 36.0. The van der Waals surface area contributed by atoms with Gasteiger partial charge in [-0.05, 0) is 101 Å². The van der Waals surface area contributed by atoms with Crippen LogP contribution in [0.1, 0.15) is 67.3 Å². The molecule has 0 radical (unpaired) electrons. The van der Waals surface area contributed by atoms with Crippen LogP contribution in [0.2, 0.25) is 10.0 Å². The number of nitrogens with one attached hydrogen (secondary N) is 1. The average Bonchev–Trinajstić information content (AvgIpc) is 3.68. The minimum atomic E-state index is -5.08.